The van der Waals surface area contributed by atoms with Crippen molar-refractivity contribution in [3.05, 3.63) is 54.1 Å². The molecule has 4 heteroatoms. The van der Waals surface area contributed by atoms with E-state index in [1.807, 2.05) is 0 Å². The summed E-state index contributed by atoms with van der Waals surface area (Å²) in [7, 11) is 0. The number of rotatable bonds is 9. The minimum absolute atomic E-state index is 0.199. The van der Waals surface area contributed by atoms with Gasteiger partial charge in [0.1, 0.15) is 0 Å². The molecule has 1 aromatic carbocycles. The summed E-state index contributed by atoms with van der Waals surface area (Å²) < 4.78 is 34.6. The van der Waals surface area contributed by atoms with Crippen LogP contribution >= 0.6 is 0 Å². The predicted octanol–water partition coefficient (Wildman–Crippen LogP) is 8.98. The van der Waals surface area contributed by atoms with Gasteiger partial charge in [-0.05, 0) is 112 Å². The second kappa shape index (κ2) is 13.0. The SMILES string of the molecule is C=CCCc1ccc(OC(=O)C2CCCC3CC(C4CCC(CC/C=C/C)CC4)CCC32)c(F)c1F. The lowest BCUT2D eigenvalue weighted by Gasteiger charge is -2.46. The number of carbonyl (C=O) groups is 1. The van der Waals surface area contributed by atoms with E-state index in [2.05, 4.69) is 25.7 Å². The fourth-order valence-corrected chi connectivity index (χ4v) is 7.45. The van der Waals surface area contributed by atoms with Crippen molar-refractivity contribution in [1.29, 1.82) is 0 Å². The monoisotopic (exact) mass is 498 g/mol. The molecule has 3 saturated carbocycles. The highest BCUT2D eigenvalue weighted by atomic mass is 19.2. The third-order valence-corrected chi connectivity index (χ3v) is 9.48. The molecule has 0 aromatic heterocycles. The van der Waals surface area contributed by atoms with Crippen molar-refractivity contribution in [2.75, 3.05) is 0 Å². The molecule has 3 fully saturated rings. The van der Waals surface area contributed by atoms with Crippen LogP contribution in [0.2, 0.25) is 0 Å². The molecule has 0 bridgehead atoms. The highest BCUT2D eigenvalue weighted by Gasteiger charge is 2.43. The number of benzene rings is 1. The number of allylic oxidation sites excluding steroid dienone is 3. The lowest BCUT2D eigenvalue weighted by atomic mass is 9.59. The standard InChI is InChI=1S/C32H44F2O2/c1-3-5-7-9-22-13-15-23(16-14-22)25-17-19-27-26(21-25)11-8-12-28(27)32(35)36-29-20-18-24(10-6-4-2)30(33)31(29)34/h3-5,18,20,22-23,25-28H,2,6-17,19,21H2,1H3/b5-3+. The van der Waals surface area contributed by atoms with Crippen LogP contribution in [0.1, 0.15) is 96.0 Å². The van der Waals surface area contributed by atoms with Gasteiger partial charge >= 0.3 is 5.97 Å². The van der Waals surface area contributed by atoms with Crippen LogP contribution in [-0.2, 0) is 11.2 Å². The van der Waals surface area contributed by atoms with Crippen LogP contribution < -0.4 is 4.74 Å². The summed E-state index contributed by atoms with van der Waals surface area (Å²) in [6.45, 7) is 5.73. The predicted molar refractivity (Wildman–Crippen MR) is 142 cm³/mol. The van der Waals surface area contributed by atoms with Crippen molar-refractivity contribution in [2.45, 2.75) is 96.8 Å². The van der Waals surface area contributed by atoms with E-state index in [0.717, 1.165) is 37.0 Å². The largest absolute Gasteiger partial charge is 0.423 e. The summed E-state index contributed by atoms with van der Waals surface area (Å²) in [6, 6.07) is 2.93. The van der Waals surface area contributed by atoms with Gasteiger partial charge in [0.05, 0.1) is 5.92 Å². The van der Waals surface area contributed by atoms with Gasteiger partial charge in [-0.25, -0.2) is 4.39 Å². The van der Waals surface area contributed by atoms with Crippen molar-refractivity contribution < 1.29 is 18.3 Å². The van der Waals surface area contributed by atoms with Gasteiger partial charge in [-0.15, -0.1) is 6.58 Å². The van der Waals surface area contributed by atoms with Crippen LogP contribution in [0.4, 0.5) is 8.78 Å². The van der Waals surface area contributed by atoms with Gasteiger partial charge in [-0.1, -0.05) is 50.0 Å². The van der Waals surface area contributed by atoms with E-state index in [-0.39, 0.29) is 23.2 Å². The molecule has 4 atom stereocenters. The zero-order chi connectivity index (χ0) is 25.5. The second-order valence-corrected chi connectivity index (χ2v) is 11.6. The maximum absolute atomic E-state index is 14.6. The van der Waals surface area contributed by atoms with E-state index in [1.54, 1.807) is 6.08 Å². The molecule has 0 saturated heterocycles. The average molecular weight is 499 g/mol. The minimum atomic E-state index is -1.05. The number of hydrogen-bond donors (Lipinski definition) is 0. The molecule has 0 radical (unpaired) electrons. The summed E-state index contributed by atoms with van der Waals surface area (Å²) in [5, 5.41) is 0. The molecule has 3 aliphatic rings. The third kappa shape index (κ3) is 6.47. The van der Waals surface area contributed by atoms with E-state index in [1.165, 1.54) is 69.9 Å². The van der Waals surface area contributed by atoms with E-state index in [9.17, 15) is 13.6 Å². The lowest BCUT2D eigenvalue weighted by Crippen LogP contribution is -2.40. The first-order chi connectivity index (χ1) is 17.5. The highest BCUT2D eigenvalue weighted by molar-refractivity contribution is 5.75. The van der Waals surface area contributed by atoms with Crippen LogP contribution in [0.5, 0.6) is 5.75 Å². The van der Waals surface area contributed by atoms with Crippen molar-refractivity contribution >= 4 is 5.97 Å². The topological polar surface area (TPSA) is 26.3 Å². The first-order valence-electron chi connectivity index (χ1n) is 14.4. The highest BCUT2D eigenvalue weighted by Crippen LogP contribution is 2.50. The molecule has 2 nitrogen and oxygen atoms in total. The first-order valence-corrected chi connectivity index (χ1v) is 14.4. The Bertz CT molecular complexity index is 915. The smallest absolute Gasteiger partial charge is 0.314 e. The van der Waals surface area contributed by atoms with Gasteiger partial charge in [0.15, 0.2) is 11.6 Å². The molecule has 36 heavy (non-hydrogen) atoms. The second-order valence-electron chi connectivity index (χ2n) is 11.6. The van der Waals surface area contributed by atoms with Gasteiger partial charge < -0.3 is 4.74 Å². The summed E-state index contributed by atoms with van der Waals surface area (Å²) in [4.78, 5) is 13.1. The molecule has 0 spiro atoms. The Hall–Kier alpha value is -1.97. The lowest BCUT2D eigenvalue weighted by molar-refractivity contribution is -0.144. The minimum Gasteiger partial charge on any atom is -0.423 e. The van der Waals surface area contributed by atoms with Gasteiger partial charge in [0.2, 0.25) is 5.82 Å². The molecule has 4 unspecified atom stereocenters. The summed E-state index contributed by atoms with van der Waals surface area (Å²) in [5.41, 5.74) is 0.287. The average Bonchev–Trinajstić information content (AvgIpc) is 2.90. The molecule has 0 amide bonds. The molecule has 4 rings (SSSR count). The molecule has 3 aliphatic carbocycles. The fraction of sp³-hybridized carbons (Fsp3) is 0.656. The Morgan fingerprint density at radius 2 is 1.75 bits per heavy atom. The van der Waals surface area contributed by atoms with Gasteiger partial charge in [0, 0.05) is 0 Å². The third-order valence-electron chi connectivity index (χ3n) is 9.48. The molecular weight excluding hydrogens is 454 g/mol. The van der Waals surface area contributed by atoms with Crippen LogP contribution in [-0.4, -0.2) is 5.97 Å². The zero-order valence-corrected chi connectivity index (χ0v) is 22.0. The maximum atomic E-state index is 14.6. The molecular formula is C32H44F2O2. The van der Waals surface area contributed by atoms with Crippen molar-refractivity contribution in [1.82, 2.24) is 0 Å². The first kappa shape index (κ1) is 27.1. The fourth-order valence-electron chi connectivity index (χ4n) is 7.45. The quantitative estimate of drug-likeness (QED) is 0.193. The summed E-state index contributed by atoms with van der Waals surface area (Å²) in [6.07, 6.45) is 21.6. The number of carbonyl (C=O) groups excluding carboxylic acids is 1. The summed E-state index contributed by atoms with van der Waals surface area (Å²) in [5.74, 6) is 0.579. The molecule has 0 N–H and O–H groups in total. The Kier molecular flexibility index (Phi) is 9.79. The molecule has 0 aliphatic heterocycles. The number of esters is 1. The Labute approximate surface area is 216 Å². The Morgan fingerprint density at radius 1 is 0.972 bits per heavy atom. The summed E-state index contributed by atoms with van der Waals surface area (Å²) >= 11 is 0. The van der Waals surface area contributed by atoms with Gasteiger partial charge in [-0.2, -0.15) is 4.39 Å². The van der Waals surface area contributed by atoms with E-state index in [4.69, 9.17) is 4.74 Å². The molecule has 198 valence electrons. The van der Waals surface area contributed by atoms with E-state index >= 15 is 0 Å². The van der Waals surface area contributed by atoms with Gasteiger partial charge in [-0.3, -0.25) is 4.79 Å². The van der Waals surface area contributed by atoms with Crippen molar-refractivity contribution in [2.24, 2.45) is 35.5 Å². The van der Waals surface area contributed by atoms with Gasteiger partial charge in [0.25, 0.3) is 0 Å². The van der Waals surface area contributed by atoms with E-state index in [0.29, 0.717) is 24.7 Å². The maximum Gasteiger partial charge on any atom is 0.314 e. The van der Waals surface area contributed by atoms with E-state index < -0.39 is 11.6 Å². The number of hydrogen-bond acceptors (Lipinski definition) is 2. The molecule has 1 aromatic rings. The number of ether oxygens (including phenoxy) is 1. The van der Waals surface area contributed by atoms with Crippen LogP contribution in [0.3, 0.4) is 0 Å². The zero-order valence-electron chi connectivity index (χ0n) is 22.0. The van der Waals surface area contributed by atoms with Crippen LogP contribution in [0.15, 0.2) is 36.9 Å². The van der Waals surface area contributed by atoms with Crippen LogP contribution in [0.25, 0.3) is 0 Å². The van der Waals surface area contributed by atoms with Crippen molar-refractivity contribution in [3.8, 4) is 5.75 Å². The number of fused-ring (bicyclic) bond motifs is 1. The number of halogens is 2. The Balaban J connectivity index is 1.31. The van der Waals surface area contributed by atoms with Crippen molar-refractivity contribution in [3.63, 3.8) is 0 Å². The van der Waals surface area contributed by atoms with Crippen LogP contribution in [0, 0.1) is 47.1 Å². The molecule has 0 heterocycles. The Morgan fingerprint density at radius 3 is 2.50 bits per heavy atom. The number of aryl methyl sites for hydroxylation is 1. The normalized spacial score (nSPS) is 30.6.